The molecule has 0 amide bonds. The fourth-order valence-electron chi connectivity index (χ4n) is 1.74. The van der Waals surface area contributed by atoms with Gasteiger partial charge in [-0.25, -0.2) is 4.98 Å². The number of thiophene rings is 1. The summed E-state index contributed by atoms with van der Waals surface area (Å²) < 4.78 is 5.44. The second-order valence-electron chi connectivity index (χ2n) is 4.21. The van der Waals surface area contributed by atoms with Crippen LogP contribution in [0.25, 0.3) is 10.8 Å². The highest BCUT2D eigenvalue weighted by Gasteiger charge is 2.13. The first-order valence-corrected chi connectivity index (χ1v) is 6.72. The van der Waals surface area contributed by atoms with Gasteiger partial charge in [-0.15, -0.1) is 11.3 Å². The van der Waals surface area contributed by atoms with Gasteiger partial charge in [0.15, 0.2) is 5.96 Å². The molecule has 3 rings (SSSR count). The van der Waals surface area contributed by atoms with Crippen molar-refractivity contribution in [3.05, 3.63) is 29.5 Å². The first kappa shape index (κ1) is 11.3. The van der Waals surface area contributed by atoms with E-state index >= 15 is 0 Å². The SMILES string of the molecule is CC1CN=C(NCc2coc(-c3cccs3)n2)N1. The van der Waals surface area contributed by atoms with Crippen molar-refractivity contribution in [3.63, 3.8) is 0 Å². The van der Waals surface area contributed by atoms with Gasteiger partial charge >= 0.3 is 0 Å². The zero-order chi connectivity index (χ0) is 12.4. The minimum Gasteiger partial charge on any atom is -0.443 e. The molecule has 0 saturated carbocycles. The summed E-state index contributed by atoms with van der Waals surface area (Å²) in [5, 5.41) is 8.46. The van der Waals surface area contributed by atoms with Crippen molar-refractivity contribution in [2.75, 3.05) is 6.54 Å². The van der Waals surface area contributed by atoms with Crippen molar-refractivity contribution < 1.29 is 4.42 Å². The summed E-state index contributed by atoms with van der Waals surface area (Å²) in [4.78, 5) is 9.81. The Kier molecular flexibility index (Phi) is 3.02. The molecule has 18 heavy (non-hydrogen) atoms. The van der Waals surface area contributed by atoms with Crippen LogP contribution in [0.3, 0.4) is 0 Å². The summed E-state index contributed by atoms with van der Waals surface area (Å²) in [7, 11) is 0. The average molecular weight is 262 g/mol. The minimum absolute atomic E-state index is 0.409. The van der Waals surface area contributed by atoms with E-state index in [1.165, 1.54) is 0 Å². The van der Waals surface area contributed by atoms with Crippen molar-refractivity contribution in [1.82, 2.24) is 15.6 Å². The van der Waals surface area contributed by atoms with Crippen LogP contribution < -0.4 is 10.6 Å². The number of hydrogen-bond donors (Lipinski definition) is 2. The Morgan fingerprint density at radius 3 is 3.28 bits per heavy atom. The van der Waals surface area contributed by atoms with Gasteiger partial charge in [0.1, 0.15) is 6.26 Å². The maximum atomic E-state index is 5.44. The van der Waals surface area contributed by atoms with E-state index in [9.17, 15) is 0 Å². The second kappa shape index (κ2) is 4.81. The van der Waals surface area contributed by atoms with Gasteiger partial charge in [-0.05, 0) is 18.4 Å². The first-order chi connectivity index (χ1) is 8.81. The third-order valence-corrected chi connectivity index (χ3v) is 3.48. The Morgan fingerprint density at radius 2 is 2.56 bits per heavy atom. The predicted molar refractivity (Wildman–Crippen MR) is 71.6 cm³/mol. The Balaban J connectivity index is 1.61. The molecule has 1 aliphatic heterocycles. The average Bonchev–Trinajstić information content (AvgIpc) is 3.07. The monoisotopic (exact) mass is 262 g/mol. The Hall–Kier alpha value is -1.82. The summed E-state index contributed by atoms with van der Waals surface area (Å²) in [6.45, 7) is 3.54. The van der Waals surface area contributed by atoms with Crippen LogP contribution in [0.2, 0.25) is 0 Å². The van der Waals surface area contributed by atoms with Crippen LogP contribution in [-0.4, -0.2) is 23.5 Å². The molecule has 1 aliphatic rings. The van der Waals surface area contributed by atoms with Crippen molar-refractivity contribution in [2.24, 2.45) is 4.99 Å². The standard InChI is InChI=1S/C12H14N4OS/c1-8-5-13-12(15-8)14-6-9-7-17-11(16-9)10-3-2-4-18-10/h2-4,7-8H,5-6H2,1H3,(H2,13,14,15). The van der Waals surface area contributed by atoms with Crippen molar-refractivity contribution in [1.29, 1.82) is 0 Å². The lowest BCUT2D eigenvalue weighted by Gasteiger charge is -2.06. The maximum absolute atomic E-state index is 5.44. The lowest BCUT2D eigenvalue weighted by atomic mass is 10.4. The Morgan fingerprint density at radius 1 is 1.61 bits per heavy atom. The van der Waals surface area contributed by atoms with E-state index in [2.05, 4.69) is 27.5 Å². The normalized spacial score (nSPS) is 18.5. The van der Waals surface area contributed by atoms with Gasteiger partial charge in [-0.3, -0.25) is 4.99 Å². The molecule has 2 N–H and O–H groups in total. The highest BCUT2D eigenvalue weighted by Crippen LogP contribution is 2.23. The molecule has 1 atom stereocenters. The van der Waals surface area contributed by atoms with Gasteiger partial charge in [0.2, 0.25) is 5.89 Å². The van der Waals surface area contributed by atoms with E-state index in [0.717, 1.165) is 23.1 Å². The van der Waals surface area contributed by atoms with Gasteiger partial charge < -0.3 is 15.1 Å². The largest absolute Gasteiger partial charge is 0.443 e. The van der Waals surface area contributed by atoms with Crippen LogP contribution in [0.5, 0.6) is 0 Å². The zero-order valence-corrected chi connectivity index (χ0v) is 10.8. The smallest absolute Gasteiger partial charge is 0.236 e. The van der Waals surface area contributed by atoms with E-state index in [1.807, 2.05) is 17.5 Å². The molecule has 0 radical (unpaired) electrons. The molecular formula is C12H14N4OS. The Bertz CT molecular complexity index is 546. The van der Waals surface area contributed by atoms with Gasteiger partial charge in [-0.2, -0.15) is 0 Å². The summed E-state index contributed by atoms with van der Waals surface area (Å²) in [6, 6.07) is 4.39. The number of nitrogens with zero attached hydrogens (tertiary/aromatic N) is 2. The lowest BCUT2D eigenvalue weighted by molar-refractivity contribution is 0.573. The molecule has 94 valence electrons. The fourth-order valence-corrected chi connectivity index (χ4v) is 2.39. The van der Waals surface area contributed by atoms with E-state index in [0.29, 0.717) is 18.5 Å². The summed E-state index contributed by atoms with van der Waals surface area (Å²) in [5.74, 6) is 1.51. The highest BCUT2D eigenvalue weighted by atomic mass is 32.1. The first-order valence-electron chi connectivity index (χ1n) is 5.84. The van der Waals surface area contributed by atoms with Crippen LogP contribution in [0.4, 0.5) is 0 Å². The molecule has 2 aromatic rings. The molecular weight excluding hydrogens is 248 g/mol. The molecule has 3 heterocycles. The van der Waals surface area contributed by atoms with Gasteiger partial charge in [0.25, 0.3) is 0 Å². The number of nitrogens with one attached hydrogen (secondary N) is 2. The number of aliphatic imine (C=N–C) groups is 1. The van der Waals surface area contributed by atoms with Crippen molar-refractivity contribution in [3.8, 4) is 10.8 Å². The second-order valence-corrected chi connectivity index (χ2v) is 5.16. The highest BCUT2D eigenvalue weighted by molar-refractivity contribution is 7.13. The fraction of sp³-hybridized carbons (Fsp3) is 0.333. The summed E-state index contributed by atoms with van der Waals surface area (Å²) in [6.07, 6.45) is 1.68. The maximum Gasteiger partial charge on any atom is 0.236 e. The number of aromatic nitrogens is 1. The third-order valence-electron chi connectivity index (χ3n) is 2.63. The minimum atomic E-state index is 0.409. The number of guanidine groups is 1. The van der Waals surface area contributed by atoms with Crippen LogP contribution in [0, 0.1) is 0 Å². The third kappa shape index (κ3) is 2.38. The molecule has 6 heteroatoms. The van der Waals surface area contributed by atoms with Crippen LogP contribution in [0.1, 0.15) is 12.6 Å². The summed E-state index contributed by atoms with van der Waals surface area (Å²) in [5.41, 5.74) is 0.877. The zero-order valence-electron chi connectivity index (χ0n) is 10.0. The summed E-state index contributed by atoms with van der Waals surface area (Å²) >= 11 is 1.62. The molecule has 0 saturated heterocycles. The Labute approximate surface area is 109 Å². The molecule has 1 unspecified atom stereocenters. The molecule has 0 aliphatic carbocycles. The van der Waals surface area contributed by atoms with E-state index < -0.39 is 0 Å². The van der Waals surface area contributed by atoms with Crippen LogP contribution >= 0.6 is 11.3 Å². The van der Waals surface area contributed by atoms with Gasteiger partial charge in [0, 0.05) is 6.04 Å². The molecule has 0 bridgehead atoms. The van der Waals surface area contributed by atoms with Gasteiger partial charge in [-0.1, -0.05) is 6.07 Å². The topological polar surface area (TPSA) is 62.5 Å². The number of hydrogen-bond acceptors (Lipinski definition) is 6. The van der Waals surface area contributed by atoms with Crippen molar-refractivity contribution in [2.45, 2.75) is 19.5 Å². The van der Waals surface area contributed by atoms with Crippen molar-refractivity contribution >= 4 is 17.3 Å². The molecule has 0 spiro atoms. The van der Waals surface area contributed by atoms with E-state index in [4.69, 9.17) is 4.42 Å². The molecule has 0 fully saturated rings. The number of oxazole rings is 1. The molecule has 0 aromatic carbocycles. The lowest BCUT2D eigenvalue weighted by Crippen LogP contribution is -2.37. The number of rotatable bonds is 3. The van der Waals surface area contributed by atoms with E-state index in [1.54, 1.807) is 17.6 Å². The molecule has 2 aromatic heterocycles. The molecule has 5 nitrogen and oxygen atoms in total. The van der Waals surface area contributed by atoms with Crippen LogP contribution in [0.15, 0.2) is 33.2 Å². The predicted octanol–water partition coefficient (Wildman–Crippen LogP) is 1.84. The van der Waals surface area contributed by atoms with Gasteiger partial charge in [0.05, 0.1) is 23.7 Å². The van der Waals surface area contributed by atoms with E-state index in [-0.39, 0.29) is 0 Å². The quantitative estimate of drug-likeness (QED) is 0.886. The van der Waals surface area contributed by atoms with Crippen LogP contribution in [-0.2, 0) is 6.54 Å².